The van der Waals surface area contributed by atoms with E-state index in [1.165, 1.54) is 0 Å². The van der Waals surface area contributed by atoms with Crippen LogP contribution in [0.1, 0.15) is 23.6 Å². The molecule has 0 aliphatic carbocycles. The van der Waals surface area contributed by atoms with Crippen LogP contribution in [0, 0.1) is 20.8 Å². The molecule has 0 aliphatic heterocycles. The third kappa shape index (κ3) is 3.66. The van der Waals surface area contributed by atoms with Crippen LogP contribution < -0.4 is 10.1 Å². The summed E-state index contributed by atoms with van der Waals surface area (Å²) in [7, 11) is 0. The standard InChI is InChI=1S/C22H23NO2/c1-14-12-15(2)16(3)21(13-14)25-17(4)22(24)23-20-11-7-9-18-8-5-6-10-19(18)20/h5-13,17H,1-4H3,(H,23,24)/t17-/m0/s1. The van der Waals surface area contributed by atoms with Crippen LogP contribution in [0.4, 0.5) is 5.69 Å². The van der Waals surface area contributed by atoms with Crippen molar-refractivity contribution in [1.82, 2.24) is 0 Å². The minimum absolute atomic E-state index is 0.157. The number of carbonyl (C=O) groups excluding carboxylic acids is 1. The molecule has 3 aromatic rings. The van der Waals surface area contributed by atoms with E-state index in [0.29, 0.717) is 0 Å². The first kappa shape index (κ1) is 17.0. The summed E-state index contributed by atoms with van der Waals surface area (Å²) in [6, 6.07) is 18.0. The second kappa shape index (κ2) is 6.98. The highest BCUT2D eigenvalue weighted by Crippen LogP contribution is 2.26. The van der Waals surface area contributed by atoms with Crippen LogP contribution in [0.2, 0.25) is 0 Å². The van der Waals surface area contributed by atoms with Crippen molar-refractivity contribution in [3.63, 3.8) is 0 Å². The topological polar surface area (TPSA) is 38.3 Å². The fourth-order valence-electron chi connectivity index (χ4n) is 2.94. The third-order valence-electron chi connectivity index (χ3n) is 4.48. The van der Waals surface area contributed by atoms with Gasteiger partial charge >= 0.3 is 0 Å². The molecule has 3 nitrogen and oxygen atoms in total. The molecule has 1 atom stereocenters. The van der Waals surface area contributed by atoms with Crippen LogP contribution in [0.25, 0.3) is 10.8 Å². The molecule has 3 heteroatoms. The number of carbonyl (C=O) groups is 1. The van der Waals surface area contributed by atoms with Gasteiger partial charge in [-0.3, -0.25) is 4.79 Å². The van der Waals surface area contributed by atoms with Gasteiger partial charge in [0.15, 0.2) is 6.10 Å². The molecular weight excluding hydrogens is 310 g/mol. The zero-order chi connectivity index (χ0) is 18.0. The quantitative estimate of drug-likeness (QED) is 0.715. The van der Waals surface area contributed by atoms with Crippen molar-refractivity contribution in [1.29, 1.82) is 0 Å². The number of aryl methyl sites for hydroxylation is 2. The fourth-order valence-corrected chi connectivity index (χ4v) is 2.94. The number of amides is 1. The van der Waals surface area contributed by atoms with Gasteiger partial charge in [-0.2, -0.15) is 0 Å². The maximum Gasteiger partial charge on any atom is 0.265 e. The number of nitrogens with one attached hydrogen (secondary N) is 1. The summed E-state index contributed by atoms with van der Waals surface area (Å²) in [5.41, 5.74) is 4.16. The van der Waals surface area contributed by atoms with Crippen LogP contribution in [-0.2, 0) is 4.79 Å². The molecule has 0 bridgehead atoms. The molecule has 0 heterocycles. The molecule has 3 aromatic carbocycles. The Balaban J connectivity index is 1.79. The van der Waals surface area contributed by atoms with Crippen molar-refractivity contribution in [2.45, 2.75) is 33.8 Å². The molecule has 0 aromatic heterocycles. The number of hydrogen-bond acceptors (Lipinski definition) is 2. The van der Waals surface area contributed by atoms with E-state index < -0.39 is 6.10 Å². The highest BCUT2D eigenvalue weighted by Gasteiger charge is 2.17. The minimum Gasteiger partial charge on any atom is -0.481 e. The van der Waals surface area contributed by atoms with Crippen LogP contribution >= 0.6 is 0 Å². The predicted octanol–water partition coefficient (Wildman–Crippen LogP) is 5.17. The van der Waals surface area contributed by atoms with Crippen molar-refractivity contribution < 1.29 is 9.53 Å². The molecule has 3 rings (SSSR count). The summed E-state index contributed by atoms with van der Waals surface area (Å²) in [5, 5.41) is 5.11. The van der Waals surface area contributed by atoms with Crippen molar-refractivity contribution in [3.8, 4) is 5.75 Å². The Kier molecular flexibility index (Phi) is 4.75. The SMILES string of the molecule is Cc1cc(C)c(C)c(O[C@@H](C)C(=O)Nc2cccc3ccccc23)c1. The van der Waals surface area contributed by atoms with Gasteiger partial charge in [-0.15, -0.1) is 0 Å². The Morgan fingerprint density at radius 3 is 2.52 bits per heavy atom. The van der Waals surface area contributed by atoms with Gasteiger partial charge in [0.25, 0.3) is 5.91 Å². The van der Waals surface area contributed by atoms with Gasteiger partial charge in [-0.1, -0.05) is 42.5 Å². The summed E-state index contributed by atoms with van der Waals surface area (Å²) in [6.07, 6.45) is -0.584. The molecule has 1 N–H and O–H groups in total. The van der Waals surface area contributed by atoms with E-state index in [9.17, 15) is 4.79 Å². The van der Waals surface area contributed by atoms with Gasteiger partial charge in [-0.05, 0) is 61.9 Å². The van der Waals surface area contributed by atoms with Gasteiger partial charge in [-0.25, -0.2) is 0 Å². The molecule has 128 valence electrons. The second-order valence-electron chi connectivity index (χ2n) is 6.48. The summed E-state index contributed by atoms with van der Waals surface area (Å²) in [4.78, 5) is 12.6. The van der Waals surface area contributed by atoms with Crippen molar-refractivity contribution in [3.05, 3.63) is 71.3 Å². The van der Waals surface area contributed by atoms with Gasteiger partial charge in [0.1, 0.15) is 5.75 Å². The smallest absolute Gasteiger partial charge is 0.265 e. The second-order valence-corrected chi connectivity index (χ2v) is 6.48. The van der Waals surface area contributed by atoms with E-state index in [-0.39, 0.29) is 5.91 Å². The van der Waals surface area contributed by atoms with Crippen molar-refractivity contribution in [2.75, 3.05) is 5.32 Å². The number of fused-ring (bicyclic) bond motifs is 1. The molecule has 1 amide bonds. The largest absolute Gasteiger partial charge is 0.481 e. The normalized spacial score (nSPS) is 12.0. The van der Waals surface area contributed by atoms with E-state index >= 15 is 0 Å². The van der Waals surface area contributed by atoms with Gasteiger partial charge in [0.05, 0.1) is 0 Å². The summed E-state index contributed by atoms with van der Waals surface area (Å²) in [5.74, 6) is 0.605. The van der Waals surface area contributed by atoms with Gasteiger partial charge in [0.2, 0.25) is 0 Å². The molecule has 0 aliphatic rings. The number of hydrogen-bond donors (Lipinski definition) is 1. The molecular formula is C22H23NO2. The molecule has 25 heavy (non-hydrogen) atoms. The third-order valence-corrected chi connectivity index (χ3v) is 4.48. The first-order valence-electron chi connectivity index (χ1n) is 8.49. The lowest BCUT2D eigenvalue weighted by Crippen LogP contribution is -2.30. The van der Waals surface area contributed by atoms with Crippen molar-refractivity contribution in [2.24, 2.45) is 0 Å². The fraction of sp³-hybridized carbons (Fsp3) is 0.227. The van der Waals surface area contributed by atoms with E-state index in [1.807, 2.05) is 62.4 Å². The Morgan fingerprint density at radius 1 is 1.00 bits per heavy atom. The summed E-state index contributed by atoms with van der Waals surface area (Å²) >= 11 is 0. The van der Waals surface area contributed by atoms with Crippen LogP contribution in [0.5, 0.6) is 5.75 Å². The molecule has 0 unspecified atom stereocenters. The minimum atomic E-state index is -0.584. The molecule has 0 fully saturated rings. The van der Waals surface area contributed by atoms with Crippen LogP contribution in [0.3, 0.4) is 0 Å². The zero-order valence-electron chi connectivity index (χ0n) is 15.1. The van der Waals surface area contributed by atoms with Gasteiger partial charge in [0, 0.05) is 11.1 Å². The number of benzene rings is 3. The average Bonchev–Trinajstić information content (AvgIpc) is 2.59. The number of rotatable bonds is 4. The van der Waals surface area contributed by atoms with E-state index in [0.717, 1.165) is 38.9 Å². The van der Waals surface area contributed by atoms with E-state index in [2.05, 4.69) is 18.3 Å². The number of ether oxygens (including phenoxy) is 1. The lowest BCUT2D eigenvalue weighted by atomic mass is 10.1. The Morgan fingerprint density at radius 2 is 1.72 bits per heavy atom. The first-order valence-corrected chi connectivity index (χ1v) is 8.49. The van der Waals surface area contributed by atoms with Crippen LogP contribution in [-0.4, -0.2) is 12.0 Å². The zero-order valence-corrected chi connectivity index (χ0v) is 15.1. The van der Waals surface area contributed by atoms with Gasteiger partial charge < -0.3 is 10.1 Å². The Hall–Kier alpha value is -2.81. The highest BCUT2D eigenvalue weighted by atomic mass is 16.5. The van der Waals surface area contributed by atoms with Crippen molar-refractivity contribution >= 4 is 22.4 Å². The summed E-state index contributed by atoms with van der Waals surface area (Å²) < 4.78 is 5.94. The lowest BCUT2D eigenvalue weighted by molar-refractivity contribution is -0.122. The number of anilines is 1. The molecule has 0 spiro atoms. The monoisotopic (exact) mass is 333 g/mol. The summed E-state index contributed by atoms with van der Waals surface area (Å²) in [6.45, 7) is 7.87. The molecule has 0 saturated carbocycles. The lowest BCUT2D eigenvalue weighted by Gasteiger charge is -2.18. The van der Waals surface area contributed by atoms with Crippen LogP contribution in [0.15, 0.2) is 54.6 Å². The highest BCUT2D eigenvalue weighted by molar-refractivity contribution is 6.03. The molecule has 0 radical (unpaired) electrons. The maximum atomic E-state index is 12.6. The average molecular weight is 333 g/mol. The van der Waals surface area contributed by atoms with E-state index in [1.54, 1.807) is 6.92 Å². The Labute approximate surface area is 148 Å². The van der Waals surface area contributed by atoms with E-state index in [4.69, 9.17) is 4.74 Å². The molecule has 0 saturated heterocycles. The Bertz CT molecular complexity index is 925. The predicted molar refractivity (Wildman–Crippen MR) is 103 cm³/mol. The maximum absolute atomic E-state index is 12.6. The first-order chi connectivity index (χ1) is 12.0.